The third kappa shape index (κ3) is 2.97. The fraction of sp³-hybridized carbons (Fsp3) is 0.571. The van der Waals surface area contributed by atoms with E-state index in [1.54, 1.807) is 16.4 Å². The van der Waals surface area contributed by atoms with Crippen molar-refractivity contribution in [3.63, 3.8) is 0 Å². The molecule has 20 heavy (non-hydrogen) atoms. The number of benzene rings is 1. The number of hydrogen-bond donors (Lipinski definition) is 1. The van der Waals surface area contributed by atoms with E-state index in [-0.39, 0.29) is 17.5 Å². The van der Waals surface area contributed by atoms with Gasteiger partial charge in [0.15, 0.2) is 0 Å². The van der Waals surface area contributed by atoms with Crippen LogP contribution in [0.2, 0.25) is 0 Å². The van der Waals surface area contributed by atoms with E-state index >= 15 is 0 Å². The number of sulfonamides is 1. The Hall–Kier alpha value is -1.11. The van der Waals surface area contributed by atoms with Gasteiger partial charge in [-0.15, -0.1) is 0 Å². The molecule has 1 saturated carbocycles. The number of aliphatic hydroxyl groups excluding tert-OH is 1. The SMILES string of the molecule is CCCN(C1CC1)S(=O)(=O)c1ccc(OC)c(CO)c1. The summed E-state index contributed by atoms with van der Waals surface area (Å²) in [6.45, 7) is 2.26. The van der Waals surface area contributed by atoms with Crippen LogP contribution in [0.1, 0.15) is 31.7 Å². The van der Waals surface area contributed by atoms with Gasteiger partial charge in [0, 0.05) is 18.2 Å². The number of rotatable bonds is 7. The van der Waals surface area contributed by atoms with Crippen molar-refractivity contribution in [1.29, 1.82) is 0 Å². The molecule has 1 aromatic carbocycles. The van der Waals surface area contributed by atoms with Gasteiger partial charge in [0.25, 0.3) is 0 Å². The van der Waals surface area contributed by atoms with Crippen LogP contribution in [0.5, 0.6) is 5.75 Å². The van der Waals surface area contributed by atoms with E-state index in [9.17, 15) is 13.5 Å². The molecule has 6 heteroatoms. The molecule has 112 valence electrons. The minimum Gasteiger partial charge on any atom is -0.496 e. The van der Waals surface area contributed by atoms with Gasteiger partial charge in [-0.05, 0) is 37.5 Å². The Morgan fingerprint density at radius 3 is 2.60 bits per heavy atom. The Kier molecular flexibility index (Phi) is 4.67. The first kappa shape index (κ1) is 15.3. The van der Waals surface area contributed by atoms with E-state index in [1.807, 2.05) is 6.92 Å². The second-order valence-corrected chi connectivity index (χ2v) is 6.87. The third-order valence-corrected chi connectivity index (χ3v) is 5.37. The smallest absolute Gasteiger partial charge is 0.243 e. The normalized spacial score (nSPS) is 15.6. The number of nitrogens with zero attached hydrogens (tertiary/aromatic N) is 1. The van der Waals surface area contributed by atoms with Crippen molar-refractivity contribution < 1.29 is 18.3 Å². The van der Waals surface area contributed by atoms with E-state index < -0.39 is 10.0 Å². The van der Waals surface area contributed by atoms with Crippen LogP contribution < -0.4 is 4.74 Å². The van der Waals surface area contributed by atoms with Crippen molar-refractivity contribution in [2.45, 2.75) is 43.7 Å². The van der Waals surface area contributed by atoms with E-state index in [0.717, 1.165) is 19.3 Å². The molecule has 5 nitrogen and oxygen atoms in total. The van der Waals surface area contributed by atoms with Crippen molar-refractivity contribution in [2.24, 2.45) is 0 Å². The number of methoxy groups -OCH3 is 1. The predicted molar refractivity (Wildman–Crippen MR) is 76.1 cm³/mol. The topological polar surface area (TPSA) is 66.8 Å². The van der Waals surface area contributed by atoms with Gasteiger partial charge >= 0.3 is 0 Å². The van der Waals surface area contributed by atoms with Gasteiger partial charge in [0.05, 0.1) is 18.6 Å². The molecule has 1 aromatic rings. The Morgan fingerprint density at radius 2 is 2.10 bits per heavy atom. The Labute approximate surface area is 120 Å². The van der Waals surface area contributed by atoms with Crippen LogP contribution in [-0.4, -0.2) is 37.5 Å². The van der Waals surface area contributed by atoms with Crippen molar-refractivity contribution >= 4 is 10.0 Å². The summed E-state index contributed by atoms with van der Waals surface area (Å²) in [7, 11) is -1.99. The minimum atomic E-state index is -3.49. The van der Waals surface area contributed by atoms with Crippen LogP contribution in [0, 0.1) is 0 Å². The van der Waals surface area contributed by atoms with Gasteiger partial charge in [-0.1, -0.05) is 6.92 Å². The number of aliphatic hydroxyl groups is 1. The predicted octanol–water partition coefficient (Wildman–Crippen LogP) is 1.75. The summed E-state index contributed by atoms with van der Waals surface area (Å²) < 4.78 is 32.0. The van der Waals surface area contributed by atoms with Crippen LogP contribution in [0.25, 0.3) is 0 Å². The van der Waals surface area contributed by atoms with Crippen molar-refractivity contribution in [3.05, 3.63) is 23.8 Å². The summed E-state index contributed by atoms with van der Waals surface area (Å²) in [5.41, 5.74) is 0.487. The maximum absolute atomic E-state index is 12.7. The van der Waals surface area contributed by atoms with E-state index in [1.165, 1.54) is 13.2 Å². The fourth-order valence-electron chi connectivity index (χ4n) is 2.26. The van der Waals surface area contributed by atoms with Crippen molar-refractivity contribution in [3.8, 4) is 5.75 Å². The average Bonchev–Trinajstić information content (AvgIpc) is 3.28. The first-order valence-corrected chi connectivity index (χ1v) is 8.28. The quantitative estimate of drug-likeness (QED) is 0.833. The van der Waals surface area contributed by atoms with E-state index in [0.29, 0.717) is 17.9 Å². The summed E-state index contributed by atoms with van der Waals surface area (Å²) in [5.74, 6) is 0.500. The average molecular weight is 299 g/mol. The molecular weight excluding hydrogens is 278 g/mol. The first-order chi connectivity index (χ1) is 9.54. The van der Waals surface area contributed by atoms with Crippen LogP contribution in [-0.2, 0) is 16.6 Å². The first-order valence-electron chi connectivity index (χ1n) is 6.84. The highest BCUT2D eigenvalue weighted by molar-refractivity contribution is 7.89. The zero-order chi connectivity index (χ0) is 14.8. The highest BCUT2D eigenvalue weighted by Gasteiger charge is 2.37. The van der Waals surface area contributed by atoms with Gasteiger partial charge in [-0.3, -0.25) is 0 Å². The molecule has 1 aliphatic rings. The summed E-state index contributed by atoms with van der Waals surface area (Å²) in [5, 5.41) is 9.31. The molecule has 0 spiro atoms. The third-order valence-electron chi connectivity index (χ3n) is 3.43. The monoisotopic (exact) mass is 299 g/mol. The molecule has 0 atom stereocenters. The Bertz CT molecular complexity index is 567. The molecule has 0 amide bonds. The standard InChI is InChI=1S/C14H21NO4S/c1-3-8-15(12-4-5-12)20(17,18)13-6-7-14(19-2)11(9-13)10-16/h6-7,9,12,16H,3-5,8,10H2,1-2H3. The lowest BCUT2D eigenvalue weighted by Gasteiger charge is -2.21. The summed E-state index contributed by atoms with van der Waals surface area (Å²) in [4.78, 5) is 0.225. The van der Waals surface area contributed by atoms with Gasteiger partial charge in [0.1, 0.15) is 5.75 Å². The minimum absolute atomic E-state index is 0.139. The molecule has 0 bridgehead atoms. The second-order valence-electron chi connectivity index (χ2n) is 4.98. The molecule has 1 aliphatic carbocycles. The maximum Gasteiger partial charge on any atom is 0.243 e. The highest BCUT2D eigenvalue weighted by atomic mass is 32.2. The van der Waals surface area contributed by atoms with Crippen LogP contribution in [0.4, 0.5) is 0 Å². The zero-order valence-corrected chi connectivity index (χ0v) is 12.7. The second kappa shape index (κ2) is 6.11. The fourth-order valence-corrected chi connectivity index (χ4v) is 4.08. The molecule has 0 heterocycles. The number of ether oxygens (including phenoxy) is 1. The molecule has 0 unspecified atom stereocenters. The van der Waals surface area contributed by atoms with Gasteiger partial charge in [-0.25, -0.2) is 8.42 Å². The molecule has 0 aliphatic heterocycles. The summed E-state index contributed by atoms with van der Waals surface area (Å²) in [6, 6.07) is 4.77. The van der Waals surface area contributed by atoms with E-state index in [4.69, 9.17) is 4.74 Å². The van der Waals surface area contributed by atoms with E-state index in [2.05, 4.69) is 0 Å². The lowest BCUT2D eigenvalue weighted by molar-refractivity contribution is 0.273. The lowest BCUT2D eigenvalue weighted by atomic mass is 10.2. The number of hydrogen-bond acceptors (Lipinski definition) is 4. The largest absolute Gasteiger partial charge is 0.496 e. The van der Waals surface area contributed by atoms with Crippen molar-refractivity contribution in [2.75, 3.05) is 13.7 Å². The zero-order valence-electron chi connectivity index (χ0n) is 11.9. The molecule has 0 aromatic heterocycles. The summed E-state index contributed by atoms with van der Waals surface area (Å²) >= 11 is 0. The molecule has 0 saturated heterocycles. The highest BCUT2D eigenvalue weighted by Crippen LogP contribution is 2.33. The van der Waals surface area contributed by atoms with Gasteiger partial charge < -0.3 is 9.84 Å². The van der Waals surface area contributed by atoms with Gasteiger partial charge in [-0.2, -0.15) is 4.31 Å². The molecule has 0 radical (unpaired) electrons. The lowest BCUT2D eigenvalue weighted by Crippen LogP contribution is -2.33. The van der Waals surface area contributed by atoms with Crippen molar-refractivity contribution in [1.82, 2.24) is 4.31 Å². The molecular formula is C14H21NO4S. The van der Waals surface area contributed by atoms with Gasteiger partial charge in [0.2, 0.25) is 10.0 Å². The summed E-state index contributed by atoms with van der Waals surface area (Å²) in [6.07, 6.45) is 2.66. The Morgan fingerprint density at radius 1 is 1.40 bits per heavy atom. The maximum atomic E-state index is 12.7. The van der Waals surface area contributed by atoms with Crippen LogP contribution in [0.15, 0.2) is 23.1 Å². The van der Waals surface area contributed by atoms with Crippen LogP contribution >= 0.6 is 0 Å². The molecule has 1 N–H and O–H groups in total. The molecule has 1 fully saturated rings. The molecule has 2 rings (SSSR count). The Balaban J connectivity index is 2.37. The van der Waals surface area contributed by atoms with Crippen LogP contribution in [0.3, 0.4) is 0 Å².